The molecular formula is C15H31NO. The Hall–Kier alpha value is -0.0800. The SMILES string of the molecule is CC(C)(CN)CCCOC1CCC(C)(C)CC1. The molecule has 0 unspecified atom stereocenters. The van der Waals surface area contributed by atoms with Crippen LogP contribution in [0.3, 0.4) is 0 Å². The van der Waals surface area contributed by atoms with Gasteiger partial charge in [0.2, 0.25) is 0 Å². The van der Waals surface area contributed by atoms with Crippen LogP contribution in [0.2, 0.25) is 0 Å². The predicted molar refractivity (Wildman–Crippen MR) is 74.1 cm³/mol. The van der Waals surface area contributed by atoms with Gasteiger partial charge in [0.15, 0.2) is 0 Å². The van der Waals surface area contributed by atoms with Crippen molar-refractivity contribution in [3.05, 3.63) is 0 Å². The first kappa shape index (κ1) is 15.0. The minimum absolute atomic E-state index is 0.276. The molecule has 1 aliphatic rings. The summed E-state index contributed by atoms with van der Waals surface area (Å²) in [6.07, 6.45) is 7.94. The average molecular weight is 241 g/mol. The van der Waals surface area contributed by atoms with E-state index < -0.39 is 0 Å². The summed E-state index contributed by atoms with van der Waals surface area (Å²) in [6, 6.07) is 0. The van der Waals surface area contributed by atoms with E-state index in [1.165, 1.54) is 32.1 Å². The Morgan fingerprint density at radius 2 is 1.82 bits per heavy atom. The van der Waals surface area contributed by atoms with E-state index in [1.807, 2.05) is 0 Å². The lowest BCUT2D eigenvalue weighted by Gasteiger charge is -2.34. The average Bonchev–Trinajstić information content (AvgIpc) is 2.26. The third-order valence-electron chi connectivity index (χ3n) is 4.19. The Morgan fingerprint density at radius 1 is 1.24 bits per heavy atom. The molecule has 0 spiro atoms. The molecule has 0 aliphatic heterocycles. The quantitative estimate of drug-likeness (QED) is 0.719. The van der Waals surface area contributed by atoms with Gasteiger partial charge in [-0.1, -0.05) is 27.7 Å². The van der Waals surface area contributed by atoms with Gasteiger partial charge in [0, 0.05) is 6.61 Å². The van der Waals surface area contributed by atoms with Gasteiger partial charge in [-0.15, -0.1) is 0 Å². The van der Waals surface area contributed by atoms with Crippen molar-refractivity contribution >= 4 is 0 Å². The summed E-state index contributed by atoms with van der Waals surface area (Å²) in [4.78, 5) is 0. The molecule has 102 valence electrons. The van der Waals surface area contributed by atoms with Crippen LogP contribution in [-0.2, 0) is 4.74 Å². The molecule has 2 N–H and O–H groups in total. The van der Waals surface area contributed by atoms with Gasteiger partial charge in [0.25, 0.3) is 0 Å². The van der Waals surface area contributed by atoms with Crippen LogP contribution in [0.4, 0.5) is 0 Å². The van der Waals surface area contributed by atoms with Crippen molar-refractivity contribution in [2.45, 2.75) is 72.3 Å². The molecule has 0 bridgehead atoms. The highest BCUT2D eigenvalue weighted by Crippen LogP contribution is 2.36. The minimum Gasteiger partial charge on any atom is -0.378 e. The number of hydrogen-bond donors (Lipinski definition) is 1. The van der Waals surface area contributed by atoms with E-state index in [-0.39, 0.29) is 5.41 Å². The standard InChI is InChI=1S/C15H31NO/c1-14(2)9-6-13(7-10-14)17-11-5-8-15(3,4)12-16/h13H,5-12,16H2,1-4H3. The van der Waals surface area contributed by atoms with Crippen LogP contribution in [0.5, 0.6) is 0 Å². The van der Waals surface area contributed by atoms with E-state index in [1.54, 1.807) is 0 Å². The molecule has 0 radical (unpaired) electrons. The zero-order valence-electron chi connectivity index (χ0n) is 12.2. The second-order valence-electron chi connectivity index (χ2n) is 7.21. The molecule has 1 aliphatic carbocycles. The Labute approximate surface area is 107 Å². The molecule has 17 heavy (non-hydrogen) atoms. The van der Waals surface area contributed by atoms with Crippen molar-refractivity contribution in [1.82, 2.24) is 0 Å². The Balaban J connectivity index is 2.08. The molecule has 0 heterocycles. The maximum absolute atomic E-state index is 5.98. The Kier molecular flexibility index (Phi) is 5.46. The third kappa shape index (κ3) is 5.87. The van der Waals surface area contributed by atoms with E-state index in [9.17, 15) is 0 Å². The smallest absolute Gasteiger partial charge is 0.0575 e. The summed E-state index contributed by atoms with van der Waals surface area (Å²) in [6.45, 7) is 10.9. The lowest BCUT2D eigenvalue weighted by molar-refractivity contribution is 0.000445. The molecule has 0 saturated heterocycles. The Bertz CT molecular complexity index is 213. The third-order valence-corrected chi connectivity index (χ3v) is 4.19. The van der Waals surface area contributed by atoms with Crippen molar-refractivity contribution in [3.63, 3.8) is 0 Å². The van der Waals surface area contributed by atoms with Crippen LogP contribution >= 0.6 is 0 Å². The normalized spacial score (nSPS) is 21.7. The predicted octanol–water partition coefficient (Wildman–Crippen LogP) is 3.74. The highest BCUT2D eigenvalue weighted by Gasteiger charge is 2.27. The van der Waals surface area contributed by atoms with Crippen molar-refractivity contribution in [2.75, 3.05) is 13.2 Å². The van der Waals surface area contributed by atoms with Gasteiger partial charge in [0.05, 0.1) is 6.10 Å². The fraction of sp³-hybridized carbons (Fsp3) is 1.00. The minimum atomic E-state index is 0.276. The summed E-state index contributed by atoms with van der Waals surface area (Å²) in [5, 5.41) is 0. The highest BCUT2D eigenvalue weighted by atomic mass is 16.5. The maximum atomic E-state index is 5.98. The zero-order valence-corrected chi connectivity index (χ0v) is 12.2. The van der Waals surface area contributed by atoms with Crippen LogP contribution in [-0.4, -0.2) is 19.3 Å². The van der Waals surface area contributed by atoms with E-state index in [4.69, 9.17) is 10.5 Å². The van der Waals surface area contributed by atoms with Crippen LogP contribution in [0, 0.1) is 10.8 Å². The summed E-state index contributed by atoms with van der Waals surface area (Å²) in [5.41, 5.74) is 6.54. The van der Waals surface area contributed by atoms with Crippen LogP contribution in [0.15, 0.2) is 0 Å². The van der Waals surface area contributed by atoms with E-state index in [0.29, 0.717) is 11.5 Å². The first-order valence-corrected chi connectivity index (χ1v) is 7.16. The van der Waals surface area contributed by atoms with Gasteiger partial charge in [-0.3, -0.25) is 0 Å². The van der Waals surface area contributed by atoms with Gasteiger partial charge in [-0.05, 0) is 55.9 Å². The zero-order chi connectivity index (χ0) is 12.9. The van der Waals surface area contributed by atoms with Crippen molar-refractivity contribution in [1.29, 1.82) is 0 Å². The molecule has 0 aromatic heterocycles. The summed E-state index contributed by atoms with van der Waals surface area (Å²) in [5.74, 6) is 0. The van der Waals surface area contributed by atoms with E-state index >= 15 is 0 Å². The van der Waals surface area contributed by atoms with Gasteiger partial charge in [0.1, 0.15) is 0 Å². The lowest BCUT2D eigenvalue weighted by Crippen LogP contribution is -2.27. The fourth-order valence-corrected chi connectivity index (χ4v) is 2.44. The number of rotatable bonds is 6. The highest BCUT2D eigenvalue weighted by molar-refractivity contribution is 4.79. The molecule has 0 aromatic rings. The van der Waals surface area contributed by atoms with E-state index in [2.05, 4.69) is 27.7 Å². The fourth-order valence-electron chi connectivity index (χ4n) is 2.44. The first-order chi connectivity index (χ1) is 7.85. The van der Waals surface area contributed by atoms with Gasteiger partial charge < -0.3 is 10.5 Å². The Morgan fingerprint density at radius 3 is 2.35 bits per heavy atom. The molecule has 0 aromatic carbocycles. The van der Waals surface area contributed by atoms with Crippen LogP contribution in [0.25, 0.3) is 0 Å². The molecular weight excluding hydrogens is 210 g/mol. The molecule has 1 rings (SSSR count). The topological polar surface area (TPSA) is 35.2 Å². The van der Waals surface area contributed by atoms with Crippen LogP contribution in [0.1, 0.15) is 66.2 Å². The van der Waals surface area contributed by atoms with Crippen molar-refractivity contribution in [3.8, 4) is 0 Å². The summed E-state index contributed by atoms with van der Waals surface area (Å²) >= 11 is 0. The number of nitrogens with two attached hydrogens (primary N) is 1. The summed E-state index contributed by atoms with van der Waals surface area (Å²) < 4.78 is 5.98. The number of hydrogen-bond acceptors (Lipinski definition) is 2. The van der Waals surface area contributed by atoms with Crippen LogP contribution < -0.4 is 5.73 Å². The maximum Gasteiger partial charge on any atom is 0.0575 e. The molecule has 2 nitrogen and oxygen atoms in total. The lowest BCUT2D eigenvalue weighted by atomic mass is 9.76. The first-order valence-electron chi connectivity index (χ1n) is 7.16. The summed E-state index contributed by atoms with van der Waals surface area (Å²) in [7, 11) is 0. The van der Waals surface area contributed by atoms with Crippen molar-refractivity contribution < 1.29 is 4.74 Å². The molecule has 2 heteroatoms. The number of ether oxygens (including phenoxy) is 1. The van der Waals surface area contributed by atoms with Gasteiger partial charge in [-0.25, -0.2) is 0 Å². The van der Waals surface area contributed by atoms with Crippen molar-refractivity contribution in [2.24, 2.45) is 16.6 Å². The molecule has 1 fully saturated rings. The molecule has 0 atom stereocenters. The largest absolute Gasteiger partial charge is 0.378 e. The van der Waals surface area contributed by atoms with Gasteiger partial charge >= 0.3 is 0 Å². The van der Waals surface area contributed by atoms with E-state index in [0.717, 1.165) is 19.6 Å². The second-order valence-corrected chi connectivity index (χ2v) is 7.21. The second kappa shape index (κ2) is 6.19. The van der Waals surface area contributed by atoms with Gasteiger partial charge in [-0.2, -0.15) is 0 Å². The monoisotopic (exact) mass is 241 g/mol. The molecule has 1 saturated carbocycles. The molecule has 0 amide bonds.